The lowest BCUT2D eigenvalue weighted by Gasteiger charge is -2.34. The number of imidazole rings is 1. The van der Waals surface area contributed by atoms with Gasteiger partial charge in [0.15, 0.2) is 0 Å². The fourth-order valence-corrected chi connectivity index (χ4v) is 3.75. The number of H-pyrrole nitrogens is 1. The first-order valence-corrected chi connectivity index (χ1v) is 8.77. The summed E-state index contributed by atoms with van der Waals surface area (Å²) >= 11 is 0. The molecule has 5 rings (SSSR count). The molecule has 0 radical (unpaired) electrons. The molecule has 1 aliphatic heterocycles. The zero-order valence-electron chi connectivity index (χ0n) is 14.2. The van der Waals surface area contributed by atoms with Gasteiger partial charge in [-0.3, -0.25) is 4.90 Å². The number of furan rings is 1. The van der Waals surface area contributed by atoms with Crippen molar-refractivity contribution in [1.29, 1.82) is 0 Å². The van der Waals surface area contributed by atoms with Gasteiger partial charge in [-0.15, -0.1) is 0 Å². The summed E-state index contributed by atoms with van der Waals surface area (Å²) < 4.78 is 7.74. The maximum Gasteiger partial charge on any atom is 0.136 e. The van der Waals surface area contributed by atoms with Crippen molar-refractivity contribution in [2.75, 3.05) is 6.54 Å². The van der Waals surface area contributed by atoms with Gasteiger partial charge < -0.3 is 14.0 Å². The normalized spacial score (nSPS) is 17.3. The van der Waals surface area contributed by atoms with Crippen LogP contribution in [-0.2, 0) is 13.0 Å². The predicted octanol–water partition coefficient (Wildman–Crippen LogP) is 3.34. The van der Waals surface area contributed by atoms with Crippen LogP contribution in [0.4, 0.5) is 0 Å². The average molecular weight is 345 g/mol. The van der Waals surface area contributed by atoms with Gasteiger partial charge in [0, 0.05) is 36.7 Å². The van der Waals surface area contributed by atoms with Gasteiger partial charge >= 0.3 is 0 Å². The van der Waals surface area contributed by atoms with Crippen LogP contribution in [0.3, 0.4) is 0 Å². The molecule has 0 spiro atoms. The molecule has 1 atom stereocenters. The Hall–Kier alpha value is -3.12. The Morgan fingerprint density at radius 1 is 1.12 bits per heavy atom. The summed E-state index contributed by atoms with van der Waals surface area (Å²) in [4.78, 5) is 14.9. The van der Waals surface area contributed by atoms with Crippen molar-refractivity contribution in [1.82, 2.24) is 24.4 Å². The fourth-order valence-electron chi connectivity index (χ4n) is 3.75. The van der Waals surface area contributed by atoms with Crippen molar-refractivity contribution in [3.8, 4) is 5.82 Å². The lowest BCUT2D eigenvalue weighted by atomic mass is 9.99. The minimum absolute atomic E-state index is 0.0482. The molecule has 1 aliphatic rings. The second kappa shape index (κ2) is 6.31. The van der Waals surface area contributed by atoms with Crippen molar-refractivity contribution < 1.29 is 4.42 Å². The topological polar surface area (TPSA) is 62.9 Å². The largest absolute Gasteiger partial charge is 0.468 e. The Labute approximate surface area is 151 Å². The van der Waals surface area contributed by atoms with Gasteiger partial charge in [0.2, 0.25) is 0 Å². The van der Waals surface area contributed by atoms with E-state index in [1.807, 2.05) is 36.5 Å². The van der Waals surface area contributed by atoms with E-state index in [1.54, 1.807) is 12.6 Å². The molecule has 0 fully saturated rings. The number of hydrogen-bond donors (Lipinski definition) is 1. The van der Waals surface area contributed by atoms with Crippen LogP contribution in [0.5, 0.6) is 0 Å². The van der Waals surface area contributed by atoms with E-state index in [2.05, 4.69) is 42.7 Å². The number of aromatic nitrogens is 4. The third-order valence-corrected chi connectivity index (χ3v) is 4.92. The zero-order valence-corrected chi connectivity index (χ0v) is 14.2. The number of rotatable bonds is 4. The Balaban J connectivity index is 1.59. The average Bonchev–Trinajstić information content (AvgIpc) is 3.44. The SMILES string of the molecule is c1ccc(-n2cccc2[C@H]2c3nc[nH]c3CCN2Cc2ccco2)nc1. The highest BCUT2D eigenvalue weighted by molar-refractivity contribution is 5.35. The van der Waals surface area contributed by atoms with Crippen LogP contribution in [0.1, 0.15) is 28.9 Å². The van der Waals surface area contributed by atoms with Gasteiger partial charge in [0.25, 0.3) is 0 Å². The first kappa shape index (κ1) is 15.2. The van der Waals surface area contributed by atoms with Crippen LogP contribution >= 0.6 is 0 Å². The fraction of sp³-hybridized carbons (Fsp3) is 0.200. The lowest BCUT2D eigenvalue weighted by Crippen LogP contribution is -2.36. The molecule has 1 N–H and O–H groups in total. The molecule has 26 heavy (non-hydrogen) atoms. The van der Waals surface area contributed by atoms with Crippen molar-refractivity contribution in [3.05, 3.63) is 90.3 Å². The molecule has 0 unspecified atom stereocenters. The molecule has 0 saturated carbocycles. The van der Waals surface area contributed by atoms with E-state index in [9.17, 15) is 0 Å². The van der Waals surface area contributed by atoms with Gasteiger partial charge in [0.05, 0.1) is 30.9 Å². The predicted molar refractivity (Wildman–Crippen MR) is 96.8 cm³/mol. The van der Waals surface area contributed by atoms with E-state index in [0.29, 0.717) is 0 Å². The summed E-state index contributed by atoms with van der Waals surface area (Å²) in [6.07, 6.45) is 8.36. The minimum atomic E-state index is 0.0482. The number of pyridine rings is 1. The number of hydrogen-bond acceptors (Lipinski definition) is 4. The second-order valence-electron chi connectivity index (χ2n) is 6.46. The summed E-state index contributed by atoms with van der Waals surface area (Å²) in [6, 6.07) is 14.2. The van der Waals surface area contributed by atoms with Crippen LogP contribution < -0.4 is 0 Å². The Morgan fingerprint density at radius 2 is 2.12 bits per heavy atom. The van der Waals surface area contributed by atoms with Crippen LogP contribution in [0.25, 0.3) is 5.82 Å². The van der Waals surface area contributed by atoms with E-state index < -0.39 is 0 Å². The molecule has 0 bridgehead atoms. The molecule has 5 heterocycles. The lowest BCUT2D eigenvalue weighted by molar-refractivity contribution is 0.181. The summed E-state index contributed by atoms with van der Waals surface area (Å²) in [5.74, 6) is 1.87. The third kappa shape index (κ3) is 2.55. The molecule has 0 aromatic carbocycles. The van der Waals surface area contributed by atoms with Crippen LogP contribution in [0.15, 0.2) is 71.9 Å². The minimum Gasteiger partial charge on any atom is -0.468 e. The first-order chi connectivity index (χ1) is 12.9. The van der Waals surface area contributed by atoms with Crippen molar-refractivity contribution in [2.45, 2.75) is 19.0 Å². The number of nitrogens with one attached hydrogen (secondary N) is 1. The first-order valence-electron chi connectivity index (χ1n) is 8.77. The van der Waals surface area contributed by atoms with Crippen LogP contribution in [-0.4, -0.2) is 31.0 Å². The van der Waals surface area contributed by atoms with Gasteiger partial charge in [0.1, 0.15) is 11.6 Å². The van der Waals surface area contributed by atoms with Gasteiger partial charge in [-0.1, -0.05) is 6.07 Å². The monoisotopic (exact) mass is 345 g/mol. The summed E-state index contributed by atoms with van der Waals surface area (Å²) in [5, 5.41) is 0. The highest BCUT2D eigenvalue weighted by atomic mass is 16.3. The molecular weight excluding hydrogens is 326 g/mol. The molecule has 0 saturated heterocycles. The van der Waals surface area contributed by atoms with Crippen molar-refractivity contribution in [3.63, 3.8) is 0 Å². The summed E-state index contributed by atoms with van der Waals surface area (Å²) in [7, 11) is 0. The molecule has 6 nitrogen and oxygen atoms in total. The van der Waals surface area contributed by atoms with Crippen LogP contribution in [0, 0.1) is 0 Å². The van der Waals surface area contributed by atoms with Gasteiger partial charge in [-0.05, 0) is 36.4 Å². The molecule has 4 aromatic heterocycles. The molecule has 130 valence electrons. The van der Waals surface area contributed by atoms with E-state index in [4.69, 9.17) is 4.42 Å². The highest BCUT2D eigenvalue weighted by Crippen LogP contribution is 2.35. The van der Waals surface area contributed by atoms with Crippen molar-refractivity contribution in [2.24, 2.45) is 0 Å². The second-order valence-corrected chi connectivity index (χ2v) is 6.46. The van der Waals surface area contributed by atoms with Gasteiger partial charge in [-0.25, -0.2) is 9.97 Å². The molecule has 0 aliphatic carbocycles. The molecule has 6 heteroatoms. The highest BCUT2D eigenvalue weighted by Gasteiger charge is 2.33. The Morgan fingerprint density at radius 3 is 2.96 bits per heavy atom. The number of aromatic amines is 1. The van der Waals surface area contributed by atoms with Crippen LogP contribution in [0.2, 0.25) is 0 Å². The third-order valence-electron chi connectivity index (χ3n) is 4.92. The van der Waals surface area contributed by atoms with E-state index in [-0.39, 0.29) is 6.04 Å². The van der Waals surface area contributed by atoms with E-state index >= 15 is 0 Å². The number of nitrogens with zero attached hydrogens (tertiary/aromatic N) is 4. The Bertz CT molecular complexity index is 986. The molecule has 4 aromatic rings. The van der Waals surface area contributed by atoms with Crippen molar-refractivity contribution >= 4 is 0 Å². The van der Waals surface area contributed by atoms with E-state index in [1.165, 1.54) is 5.69 Å². The summed E-state index contributed by atoms with van der Waals surface area (Å²) in [5.41, 5.74) is 3.45. The van der Waals surface area contributed by atoms with Gasteiger partial charge in [-0.2, -0.15) is 0 Å². The Kier molecular flexibility index (Phi) is 3.68. The molecule has 0 amide bonds. The zero-order chi connectivity index (χ0) is 17.3. The smallest absolute Gasteiger partial charge is 0.136 e. The maximum absolute atomic E-state index is 5.60. The summed E-state index contributed by atoms with van der Waals surface area (Å²) in [6.45, 7) is 1.69. The maximum atomic E-state index is 5.60. The molecular formula is C20H19N5O. The quantitative estimate of drug-likeness (QED) is 0.616. The number of fused-ring (bicyclic) bond motifs is 1. The standard InChI is InChI=1S/C20H19N5O/c1-2-9-21-18(7-1)25-10-3-6-17(25)20-19-16(22-14-23-19)8-11-24(20)13-15-5-4-12-26-15/h1-7,9-10,12,14,20H,8,11,13H2,(H,22,23)/t20-/m0/s1. The van der Waals surface area contributed by atoms with E-state index in [0.717, 1.165) is 42.5 Å².